The van der Waals surface area contributed by atoms with Crippen molar-refractivity contribution in [3.8, 4) is 6.07 Å². The van der Waals surface area contributed by atoms with Crippen molar-refractivity contribution in [2.75, 3.05) is 31.1 Å². The summed E-state index contributed by atoms with van der Waals surface area (Å²) >= 11 is 7.00. The van der Waals surface area contributed by atoms with Crippen molar-refractivity contribution < 1.29 is 4.79 Å². The summed E-state index contributed by atoms with van der Waals surface area (Å²) in [6, 6.07) is 12.8. The van der Waals surface area contributed by atoms with Crippen LogP contribution in [-0.2, 0) is 17.9 Å². The molecule has 2 saturated heterocycles. The molecule has 210 valence electrons. The van der Waals surface area contributed by atoms with Crippen LogP contribution in [-0.4, -0.2) is 56.8 Å². The number of hydrogen-bond acceptors (Lipinski definition) is 7. The van der Waals surface area contributed by atoms with Gasteiger partial charge < -0.3 is 4.90 Å². The fourth-order valence-electron chi connectivity index (χ4n) is 6.06. The monoisotopic (exact) mass is 575 g/mol. The van der Waals surface area contributed by atoms with Gasteiger partial charge in [0.2, 0.25) is 0 Å². The maximum atomic E-state index is 13.6. The van der Waals surface area contributed by atoms with Gasteiger partial charge in [0.05, 0.1) is 4.91 Å². The molecule has 1 aromatic carbocycles. The number of aromatic nitrogens is 1. The average Bonchev–Trinajstić information content (AvgIpc) is 3.58. The topological polar surface area (TPSA) is 72.6 Å². The molecule has 9 heteroatoms. The third-order valence-corrected chi connectivity index (χ3v) is 9.62. The Morgan fingerprint density at radius 2 is 1.80 bits per heavy atom. The Hall–Kier alpha value is -2.93. The first-order valence-corrected chi connectivity index (χ1v) is 15.6. The number of benzene rings is 1. The minimum atomic E-state index is -0.245. The fraction of sp³-hybridized carbons (Fsp3) is 0.484. The first kappa shape index (κ1) is 28.6. The number of carbonyl (C=O) groups is 1. The largest absolute Gasteiger partial charge is 0.355 e. The molecule has 5 rings (SSSR count). The molecule has 7 nitrogen and oxygen atoms in total. The minimum absolute atomic E-state index is 0.0512. The predicted octanol–water partition coefficient (Wildman–Crippen LogP) is 5.29. The molecule has 2 aromatic rings. The number of piperazine rings is 1. The Labute approximate surface area is 246 Å². The van der Waals surface area contributed by atoms with E-state index in [-0.39, 0.29) is 23.1 Å². The van der Waals surface area contributed by atoms with Gasteiger partial charge in [-0.15, -0.1) is 0 Å². The van der Waals surface area contributed by atoms with Crippen LogP contribution in [0.25, 0.3) is 6.08 Å². The molecule has 1 aromatic heterocycles. The van der Waals surface area contributed by atoms with Crippen LogP contribution in [0, 0.1) is 18.3 Å². The number of amides is 1. The van der Waals surface area contributed by atoms with Crippen molar-refractivity contribution in [2.45, 2.75) is 71.5 Å². The number of rotatable bonds is 8. The lowest BCUT2D eigenvalue weighted by atomic mass is 10.0. The fourth-order valence-corrected chi connectivity index (χ4v) is 7.44. The lowest BCUT2D eigenvalue weighted by Gasteiger charge is -2.38. The number of carbonyl (C=O) groups excluding carboxylic acids is 1. The average molecular weight is 576 g/mol. The predicted molar refractivity (Wildman–Crippen MR) is 166 cm³/mol. The Kier molecular flexibility index (Phi) is 9.09. The number of nitrogens with zero attached hydrogens (tertiary/aromatic N) is 5. The molecule has 0 radical (unpaired) electrons. The van der Waals surface area contributed by atoms with Gasteiger partial charge in [0.25, 0.3) is 11.5 Å². The molecule has 1 amide bonds. The maximum Gasteiger partial charge on any atom is 0.270 e. The molecule has 2 aliphatic heterocycles. The van der Waals surface area contributed by atoms with Crippen LogP contribution in [0.3, 0.4) is 0 Å². The summed E-state index contributed by atoms with van der Waals surface area (Å²) in [6.45, 7) is 8.60. The van der Waals surface area contributed by atoms with Gasteiger partial charge in [0.15, 0.2) is 0 Å². The molecule has 0 bridgehead atoms. The van der Waals surface area contributed by atoms with Gasteiger partial charge in [-0.1, -0.05) is 80.5 Å². The highest BCUT2D eigenvalue weighted by Crippen LogP contribution is 2.39. The quantitative estimate of drug-likeness (QED) is 0.313. The highest BCUT2D eigenvalue weighted by molar-refractivity contribution is 8.26. The minimum Gasteiger partial charge on any atom is -0.355 e. The molecule has 3 aliphatic rings. The third kappa shape index (κ3) is 5.76. The van der Waals surface area contributed by atoms with Crippen molar-refractivity contribution in [1.82, 2.24) is 14.4 Å². The van der Waals surface area contributed by atoms with E-state index in [1.54, 1.807) is 9.47 Å². The van der Waals surface area contributed by atoms with Gasteiger partial charge in [0.1, 0.15) is 21.8 Å². The lowest BCUT2D eigenvalue weighted by Crippen LogP contribution is -2.48. The van der Waals surface area contributed by atoms with E-state index in [0.717, 1.165) is 82.6 Å². The van der Waals surface area contributed by atoms with Crippen molar-refractivity contribution in [3.05, 3.63) is 67.8 Å². The van der Waals surface area contributed by atoms with E-state index in [0.29, 0.717) is 21.3 Å². The summed E-state index contributed by atoms with van der Waals surface area (Å²) in [7, 11) is 0. The van der Waals surface area contributed by atoms with Crippen LogP contribution in [0.15, 0.2) is 40.0 Å². The standard InChI is InChI=1S/C31H37N5O2S2/c1-3-4-14-35-28(34-17-15-33(16-18-34)21-23-10-6-5-7-11-23)25(22(2)26(20-32)29(35)37)19-27-30(38)36(31(39)40-27)24-12-8-9-13-24/h5-7,10-11,19,24H,3-4,8-9,12-18,21H2,1-2H3/b27-19-. The first-order chi connectivity index (χ1) is 19.4. The zero-order valence-electron chi connectivity index (χ0n) is 23.4. The van der Waals surface area contributed by atoms with Crippen molar-refractivity contribution in [2.24, 2.45) is 0 Å². The van der Waals surface area contributed by atoms with Gasteiger partial charge in [-0.25, -0.2) is 0 Å². The smallest absolute Gasteiger partial charge is 0.270 e. The highest BCUT2D eigenvalue weighted by Gasteiger charge is 2.38. The number of nitriles is 1. The Balaban J connectivity index is 1.52. The van der Waals surface area contributed by atoms with E-state index in [1.807, 2.05) is 19.1 Å². The van der Waals surface area contributed by atoms with Crippen LogP contribution >= 0.6 is 24.0 Å². The van der Waals surface area contributed by atoms with Crippen LogP contribution < -0.4 is 10.5 Å². The number of thioether (sulfide) groups is 1. The number of hydrogen-bond donors (Lipinski definition) is 0. The summed E-state index contributed by atoms with van der Waals surface area (Å²) in [5.74, 6) is 0.769. The molecule has 0 unspecified atom stereocenters. The molecule has 0 spiro atoms. The summed E-state index contributed by atoms with van der Waals surface area (Å²) in [4.78, 5) is 34.3. The number of anilines is 1. The highest BCUT2D eigenvalue weighted by atomic mass is 32.2. The van der Waals surface area contributed by atoms with Crippen LogP contribution in [0.1, 0.15) is 67.7 Å². The van der Waals surface area contributed by atoms with E-state index in [4.69, 9.17) is 12.2 Å². The van der Waals surface area contributed by atoms with E-state index in [1.165, 1.54) is 17.3 Å². The van der Waals surface area contributed by atoms with Crippen molar-refractivity contribution in [1.29, 1.82) is 5.26 Å². The molecule has 3 heterocycles. The van der Waals surface area contributed by atoms with E-state index in [2.05, 4.69) is 47.1 Å². The molecular formula is C31H37N5O2S2. The Morgan fingerprint density at radius 3 is 2.45 bits per heavy atom. The molecule has 1 aliphatic carbocycles. The van der Waals surface area contributed by atoms with Gasteiger partial charge in [-0.2, -0.15) is 5.26 Å². The van der Waals surface area contributed by atoms with Gasteiger partial charge in [0, 0.05) is 50.9 Å². The normalized spacial score (nSPS) is 19.7. The first-order valence-electron chi connectivity index (χ1n) is 14.4. The zero-order valence-corrected chi connectivity index (χ0v) is 25.0. The van der Waals surface area contributed by atoms with Gasteiger partial charge in [-0.3, -0.25) is 24.0 Å². The second-order valence-electron chi connectivity index (χ2n) is 10.9. The maximum absolute atomic E-state index is 13.6. The second-order valence-corrected chi connectivity index (χ2v) is 12.6. The molecule has 3 fully saturated rings. The Morgan fingerprint density at radius 1 is 1.10 bits per heavy atom. The number of thiocarbonyl (C=S) groups is 1. The SMILES string of the molecule is CCCCn1c(N2CCN(Cc3ccccc3)CC2)c(/C=C2\SC(=S)N(C3CCCC3)C2=O)c(C)c(C#N)c1=O. The van der Waals surface area contributed by atoms with Crippen molar-refractivity contribution >= 4 is 46.1 Å². The lowest BCUT2D eigenvalue weighted by molar-refractivity contribution is -0.123. The van der Waals surface area contributed by atoms with Gasteiger partial charge >= 0.3 is 0 Å². The van der Waals surface area contributed by atoms with E-state index in [9.17, 15) is 14.9 Å². The Bertz CT molecular complexity index is 1400. The zero-order chi connectivity index (χ0) is 28.2. The molecule has 1 saturated carbocycles. The summed E-state index contributed by atoms with van der Waals surface area (Å²) in [6.07, 6.45) is 7.87. The second kappa shape index (κ2) is 12.7. The van der Waals surface area contributed by atoms with Gasteiger partial charge in [-0.05, 0) is 43.4 Å². The molecule has 0 atom stereocenters. The van der Waals surface area contributed by atoms with Crippen LogP contribution in [0.5, 0.6) is 0 Å². The summed E-state index contributed by atoms with van der Waals surface area (Å²) < 4.78 is 2.39. The summed E-state index contributed by atoms with van der Waals surface area (Å²) in [5.41, 5.74) is 2.62. The molecule has 40 heavy (non-hydrogen) atoms. The summed E-state index contributed by atoms with van der Waals surface area (Å²) in [5, 5.41) is 9.98. The van der Waals surface area contributed by atoms with E-state index >= 15 is 0 Å². The van der Waals surface area contributed by atoms with E-state index < -0.39 is 0 Å². The molecular weight excluding hydrogens is 539 g/mol. The van der Waals surface area contributed by atoms with Crippen LogP contribution in [0.4, 0.5) is 5.82 Å². The molecule has 0 N–H and O–H groups in total. The van der Waals surface area contributed by atoms with Crippen molar-refractivity contribution in [3.63, 3.8) is 0 Å². The van der Waals surface area contributed by atoms with Crippen LogP contribution in [0.2, 0.25) is 0 Å². The number of pyridine rings is 1. The number of unbranched alkanes of at least 4 members (excludes halogenated alkanes) is 1. The third-order valence-electron chi connectivity index (χ3n) is 8.29.